The van der Waals surface area contributed by atoms with Gasteiger partial charge in [0.25, 0.3) is 0 Å². The number of hydrogen-bond donors (Lipinski definition) is 0. The second-order valence-electron chi connectivity index (χ2n) is 4.38. The van der Waals surface area contributed by atoms with E-state index in [4.69, 9.17) is 11.6 Å². The van der Waals surface area contributed by atoms with Crippen LogP contribution < -0.4 is 0 Å². The van der Waals surface area contributed by atoms with Crippen LogP contribution in [0.15, 0.2) is 11.1 Å². The summed E-state index contributed by atoms with van der Waals surface area (Å²) in [5.74, 6) is 3.93. The summed E-state index contributed by atoms with van der Waals surface area (Å²) in [5.41, 5.74) is 0. The van der Waals surface area contributed by atoms with Crippen molar-refractivity contribution in [3.63, 3.8) is 0 Å². The fraction of sp³-hybridized carbons (Fsp3) is 0.800. The number of halogens is 1. The standard InChI is InChI=1S/C10H13Cl/c11-8-4-7-3-6-1-2-9(7)10(6)5-8/h4,6-7,9-10H,1-3,5H2. The molecule has 0 heterocycles. The molecule has 0 amide bonds. The molecule has 0 aromatic carbocycles. The quantitative estimate of drug-likeness (QED) is 0.521. The van der Waals surface area contributed by atoms with Gasteiger partial charge in [0.2, 0.25) is 0 Å². The molecular weight excluding hydrogens is 156 g/mol. The summed E-state index contributed by atoms with van der Waals surface area (Å²) in [4.78, 5) is 0. The molecule has 1 heteroatoms. The van der Waals surface area contributed by atoms with Crippen LogP contribution in [-0.2, 0) is 0 Å². The van der Waals surface area contributed by atoms with E-state index < -0.39 is 0 Å². The number of rotatable bonds is 0. The summed E-state index contributed by atoms with van der Waals surface area (Å²) in [6, 6.07) is 0. The topological polar surface area (TPSA) is 0 Å². The Morgan fingerprint density at radius 2 is 2.18 bits per heavy atom. The highest BCUT2D eigenvalue weighted by atomic mass is 35.5. The molecule has 2 saturated carbocycles. The molecule has 4 unspecified atom stereocenters. The highest BCUT2D eigenvalue weighted by Gasteiger charge is 2.48. The van der Waals surface area contributed by atoms with Crippen LogP contribution in [0.5, 0.6) is 0 Å². The molecule has 2 fully saturated rings. The third-order valence-corrected chi connectivity index (χ3v) is 4.26. The third-order valence-electron chi connectivity index (χ3n) is 3.98. The molecule has 0 spiro atoms. The van der Waals surface area contributed by atoms with Gasteiger partial charge in [-0.3, -0.25) is 0 Å². The van der Waals surface area contributed by atoms with Crippen molar-refractivity contribution in [3.05, 3.63) is 11.1 Å². The van der Waals surface area contributed by atoms with Gasteiger partial charge in [0, 0.05) is 5.03 Å². The molecule has 0 nitrogen and oxygen atoms in total. The Balaban J connectivity index is 2.00. The summed E-state index contributed by atoms with van der Waals surface area (Å²) in [7, 11) is 0. The van der Waals surface area contributed by atoms with Gasteiger partial charge >= 0.3 is 0 Å². The monoisotopic (exact) mass is 168 g/mol. The molecule has 0 aromatic heterocycles. The highest BCUT2D eigenvalue weighted by molar-refractivity contribution is 6.29. The van der Waals surface area contributed by atoms with Crippen molar-refractivity contribution >= 4 is 11.6 Å². The Morgan fingerprint density at radius 1 is 1.27 bits per heavy atom. The van der Waals surface area contributed by atoms with E-state index >= 15 is 0 Å². The van der Waals surface area contributed by atoms with Gasteiger partial charge < -0.3 is 0 Å². The molecule has 3 rings (SSSR count). The van der Waals surface area contributed by atoms with E-state index in [1.807, 2.05) is 0 Å². The van der Waals surface area contributed by atoms with Crippen LogP contribution in [0.4, 0.5) is 0 Å². The van der Waals surface area contributed by atoms with Crippen LogP contribution >= 0.6 is 11.6 Å². The Bertz CT molecular complexity index is 219. The van der Waals surface area contributed by atoms with E-state index in [1.54, 1.807) is 0 Å². The van der Waals surface area contributed by atoms with Crippen LogP contribution in [-0.4, -0.2) is 0 Å². The Kier molecular flexibility index (Phi) is 1.21. The summed E-state index contributed by atoms with van der Waals surface area (Å²) in [6.07, 6.45) is 7.96. The van der Waals surface area contributed by atoms with Crippen molar-refractivity contribution in [2.75, 3.05) is 0 Å². The lowest BCUT2D eigenvalue weighted by molar-refractivity contribution is 0.353. The molecule has 0 aliphatic heterocycles. The van der Waals surface area contributed by atoms with Crippen molar-refractivity contribution in [2.45, 2.75) is 25.7 Å². The maximum atomic E-state index is 6.07. The van der Waals surface area contributed by atoms with Gasteiger partial charge in [-0.2, -0.15) is 0 Å². The maximum Gasteiger partial charge on any atom is 0.0147 e. The minimum absolute atomic E-state index is 0.875. The second-order valence-corrected chi connectivity index (χ2v) is 4.87. The summed E-state index contributed by atoms with van der Waals surface area (Å²) in [5, 5.41) is 1.15. The molecule has 3 aliphatic rings. The molecule has 0 aromatic rings. The first-order chi connectivity index (χ1) is 5.34. The van der Waals surface area contributed by atoms with Gasteiger partial charge in [0.05, 0.1) is 0 Å². The maximum absolute atomic E-state index is 6.07. The fourth-order valence-corrected chi connectivity index (χ4v) is 3.91. The lowest BCUT2D eigenvalue weighted by atomic mass is 9.83. The predicted octanol–water partition coefficient (Wildman–Crippen LogP) is 3.18. The van der Waals surface area contributed by atoms with Crippen LogP contribution in [0.2, 0.25) is 0 Å². The molecule has 0 saturated heterocycles. The lowest BCUT2D eigenvalue weighted by Gasteiger charge is -2.23. The molecule has 11 heavy (non-hydrogen) atoms. The third kappa shape index (κ3) is 0.767. The van der Waals surface area contributed by atoms with E-state index in [9.17, 15) is 0 Å². The molecule has 3 aliphatic carbocycles. The van der Waals surface area contributed by atoms with Gasteiger partial charge in [-0.15, -0.1) is 0 Å². The van der Waals surface area contributed by atoms with E-state index in [1.165, 1.54) is 25.7 Å². The van der Waals surface area contributed by atoms with Crippen molar-refractivity contribution in [1.82, 2.24) is 0 Å². The van der Waals surface area contributed by atoms with Crippen LogP contribution in [0.3, 0.4) is 0 Å². The van der Waals surface area contributed by atoms with Crippen molar-refractivity contribution in [1.29, 1.82) is 0 Å². The molecule has 0 N–H and O–H groups in total. The van der Waals surface area contributed by atoms with Crippen molar-refractivity contribution in [3.8, 4) is 0 Å². The SMILES string of the molecule is ClC1=CC2CC3CCC2C3C1. The summed E-state index contributed by atoms with van der Waals surface area (Å²) in [6.45, 7) is 0. The number of hydrogen-bond acceptors (Lipinski definition) is 0. The largest absolute Gasteiger partial charge is 0.0895 e. The molecule has 0 radical (unpaired) electrons. The van der Waals surface area contributed by atoms with Crippen LogP contribution in [0.25, 0.3) is 0 Å². The Morgan fingerprint density at radius 3 is 3.00 bits per heavy atom. The van der Waals surface area contributed by atoms with E-state index in [0.717, 1.165) is 28.7 Å². The first kappa shape index (κ1) is 6.54. The van der Waals surface area contributed by atoms with Crippen molar-refractivity contribution < 1.29 is 0 Å². The first-order valence-electron chi connectivity index (χ1n) is 4.71. The highest BCUT2D eigenvalue weighted by Crippen LogP contribution is 2.58. The number of allylic oxidation sites excluding steroid dienone is 2. The fourth-order valence-electron chi connectivity index (χ4n) is 3.57. The normalized spacial score (nSPS) is 53.0. The Hall–Kier alpha value is 0.0300. The molecule has 4 atom stereocenters. The van der Waals surface area contributed by atoms with Gasteiger partial charge in [-0.05, 0) is 49.4 Å². The van der Waals surface area contributed by atoms with E-state index in [2.05, 4.69) is 6.08 Å². The van der Waals surface area contributed by atoms with Gasteiger partial charge in [0.1, 0.15) is 0 Å². The zero-order valence-corrected chi connectivity index (χ0v) is 7.35. The van der Waals surface area contributed by atoms with E-state index in [0.29, 0.717) is 0 Å². The average Bonchev–Trinajstić information content (AvgIpc) is 2.43. The van der Waals surface area contributed by atoms with Crippen LogP contribution in [0.1, 0.15) is 25.7 Å². The zero-order valence-electron chi connectivity index (χ0n) is 6.59. The summed E-state index contributed by atoms with van der Waals surface area (Å²) >= 11 is 6.07. The average molecular weight is 169 g/mol. The minimum atomic E-state index is 0.875. The second kappa shape index (κ2) is 2.04. The zero-order chi connectivity index (χ0) is 7.42. The Labute approximate surface area is 72.6 Å². The van der Waals surface area contributed by atoms with Gasteiger partial charge in [-0.25, -0.2) is 0 Å². The summed E-state index contributed by atoms with van der Waals surface area (Å²) < 4.78 is 0. The van der Waals surface area contributed by atoms with Gasteiger partial charge in [0.15, 0.2) is 0 Å². The molecule has 60 valence electrons. The van der Waals surface area contributed by atoms with Gasteiger partial charge in [-0.1, -0.05) is 17.7 Å². The molecular formula is C10H13Cl. The molecule has 4 bridgehead atoms. The lowest BCUT2D eigenvalue weighted by Crippen LogP contribution is -2.14. The predicted molar refractivity (Wildman–Crippen MR) is 46.4 cm³/mol. The van der Waals surface area contributed by atoms with Crippen LogP contribution in [0, 0.1) is 23.7 Å². The van der Waals surface area contributed by atoms with Crippen molar-refractivity contribution in [2.24, 2.45) is 23.7 Å². The van der Waals surface area contributed by atoms with E-state index in [-0.39, 0.29) is 0 Å². The first-order valence-corrected chi connectivity index (χ1v) is 5.08. The smallest absolute Gasteiger partial charge is 0.0147 e. The minimum Gasteiger partial charge on any atom is -0.0895 e.